The van der Waals surface area contributed by atoms with Crippen molar-refractivity contribution in [1.29, 1.82) is 0 Å². The van der Waals surface area contributed by atoms with E-state index in [2.05, 4.69) is 28.9 Å². The minimum absolute atomic E-state index is 0.172. The van der Waals surface area contributed by atoms with Crippen LogP contribution in [0.4, 0.5) is 11.4 Å². The molecule has 1 amide bonds. The second kappa shape index (κ2) is 10.4. The van der Waals surface area contributed by atoms with Crippen LogP contribution >= 0.6 is 0 Å². The molecular weight excluding hydrogens is 404 g/mol. The van der Waals surface area contributed by atoms with Gasteiger partial charge in [0.2, 0.25) is 0 Å². The van der Waals surface area contributed by atoms with E-state index in [1.807, 2.05) is 36.4 Å². The summed E-state index contributed by atoms with van der Waals surface area (Å²) in [7, 11) is 1.62. The Hall–Kier alpha value is -3.93. The Morgan fingerprint density at radius 2 is 2.03 bits per heavy atom. The molecule has 1 heterocycles. The average molecular weight is 431 g/mol. The summed E-state index contributed by atoms with van der Waals surface area (Å²) in [4.78, 5) is 12.6. The van der Waals surface area contributed by atoms with Gasteiger partial charge in [0, 0.05) is 11.3 Å². The molecule has 1 unspecified atom stereocenters. The number of nitrogens with one attached hydrogen (secondary N) is 2. The van der Waals surface area contributed by atoms with Crippen LogP contribution in [0.2, 0.25) is 0 Å². The van der Waals surface area contributed by atoms with Crippen molar-refractivity contribution < 1.29 is 19.0 Å². The lowest BCUT2D eigenvalue weighted by Gasteiger charge is -2.25. The molecule has 164 valence electrons. The first-order valence-electron chi connectivity index (χ1n) is 10.6. The quantitative estimate of drug-likeness (QED) is 0.558. The summed E-state index contributed by atoms with van der Waals surface area (Å²) in [5.41, 5.74) is 3.32. The van der Waals surface area contributed by atoms with Gasteiger partial charge in [0.25, 0.3) is 5.91 Å². The Bertz CT molecular complexity index is 1070. The number of hydrogen-bond donors (Lipinski definition) is 2. The first kappa shape index (κ1) is 21.3. The van der Waals surface area contributed by atoms with E-state index >= 15 is 0 Å². The summed E-state index contributed by atoms with van der Waals surface area (Å²) in [6, 6.07) is 14.4. The lowest BCUT2D eigenvalue weighted by Crippen LogP contribution is -2.25. The van der Waals surface area contributed by atoms with Crippen molar-refractivity contribution in [3.63, 3.8) is 0 Å². The lowest BCUT2D eigenvalue weighted by atomic mass is 9.97. The van der Waals surface area contributed by atoms with Crippen molar-refractivity contribution in [2.24, 2.45) is 0 Å². The maximum Gasteiger partial charge on any atom is 0.255 e. The monoisotopic (exact) mass is 430 g/mol. The standard InChI is InChI=1S/C26H26N2O4/c1-30-24-13-12-21(27-26(29)20-10-6-3-7-11-20)17-23(24)28-22(25-18-31-14-15-32-25)16-19-8-4-2-5-9-19/h2-4,6-8,10-15,17-18,22,28H,5,9,16H2,1H3,(H,27,29). The molecule has 1 atom stereocenters. The number of carbonyl (C=O) groups is 1. The summed E-state index contributed by atoms with van der Waals surface area (Å²) < 4.78 is 16.6. The number of benzene rings is 2. The molecule has 2 aromatic rings. The van der Waals surface area contributed by atoms with Gasteiger partial charge in [-0.05, 0) is 49.6 Å². The van der Waals surface area contributed by atoms with Gasteiger partial charge < -0.3 is 24.8 Å². The zero-order valence-electron chi connectivity index (χ0n) is 17.9. The SMILES string of the molecule is COc1ccc(NC(=O)c2ccccc2)cc1NC(CC1=CC=CCC1)C1=COC=CO1. The van der Waals surface area contributed by atoms with E-state index in [0.29, 0.717) is 22.8 Å². The minimum atomic E-state index is -0.174. The van der Waals surface area contributed by atoms with Gasteiger partial charge >= 0.3 is 0 Å². The highest BCUT2D eigenvalue weighted by molar-refractivity contribution is 6.04. The van der Waals surface area contributed by atoms with Crippen LogP contribution in [0, 0.1) is 0 Å². The lowest BCUT2D eigenvalue weighted by molar-refractivity contribution is 0.102. The maximum atomic E-state index is 12.6. The number of rotatable bonds is 8. The van der Waals surface area contributed by atoms with E-state index in [0.717, 1.165) is 24.9 Å². The fourth-order valence-corrected chi connectivity index (χ4v) is 3.62. The van der Waals surface area contributed by atoms with E-state index < -0.39 is 0 Å². The summed E-state index contributed by atoms with van der Waals surface area (Å²) in [5.74, 6) is 1.16. The third kappa shape index (κ3) is 5.40. The number of hydrogen-bond acceptors (Lipinski definition) is 5. The molecule has 2 aromatic carbocycles. The molecule has 0 saturated carbocycles. The zero-order chi connectivity index (χ0) is 22.2. The van der Waals surface area contributed by atoms with Crippen molar-refractivity contribution in [2.75, 3.05) is 17.7 Å². The van der Waals surface area contributed by atoms with E-state index in [1.54, 1.807) is 25.5 Å². The number of amides is 1. The van der Waals surface area contributed by atoms with Crippen LogP contribution in [0.3, 0.4) is 0 Å². The number of allylic oxidation sites excluding steroid dienone is 3. The highest BCUT2D eigenvalue weighted by atomic mass is 16.5. The summed E-state index contributed by atoms with van der Waals surface area (Å²) in [6.45, 7) is 0. The Balaban J connectivity index is 1.56. The molecule has 2 N–H and O–H groups in total. The molecular formula is C26H26N2O4. The summed E-state index contributed by atoms with van der Waals surface area (Å²) in [5, 5.41) is 6.47. The van der Waals surface area contributed by atoms with Gasteiger partial charge in [0.05, 0.1) is 18.8 Å². The number of methoxy groups -OCH3 is 1. The van der Waals surface area contributed by atoms with E-state index in [1.165, 1.54) is 18.1 Å². The largest absolute Gasteiger partial charge is 0.495 e. The molecule has 4 rings (SSSR count). The smallest absolute Gasteiger partial charge is 0.255 e. The molecule has 32 heavy (non-hydrogen) atoms. The Morgan fingerprint density at radius 1 is 1.16 bits per heavy atom. The predicted molar refractivity (Wildman–Crippen MR) is 125 cm³/mol. The Morgan fingerprint density at radius 3 is 2.75 bits per heavy atom. The molecule has 6 nitrogen and oxygen atoms in total. The summed E-state index contributed by atoms with van der Waals surface area (Å²) >= 11 is 0. The minimum Gasteiger partial charge on any atom is -0.495 e. The molecule has 6 heteroatoms. The zero-order valence-corrected chi connectivity index (χ0v) is 17.9. The molecule has 0 radical (unpaired) electrons. The van der Waals surface area contributed by atoms with E-state index in [4.69, 9.17) is 14.2 Å². The molecule has 0 fully saturated rings. The molecule has 1 aliphatic carbocycles. The first-order valence-corrected chi connectivity index (χ1v) is 10.6. The molecule has 1 aliphatic heterocycles. The van der Waals surface area contributed by atoms with E-state index in [9.17, 15) is 4.79 Å². The van der Waals surface area contributed by atoms with Crippen LogP contribution in [0.1, 0.15) is 29.6 Å². The van der Waals surface area contributed by atoms with Crippen LogP contribution < -0.4 is 15.4 Å². The van der Waals surface area contributed by atoms with Gasteiger partial charge in [-0.1, -0.05) is 42.0 Å². The topological polar surface area (TPSA) is 68.8 Å². The van der Waals surface area contributed by atoms with Gasteiger partial charge in [-0.25, -0.2) is 0 Å². The third-order valence-corrected chi connectivity index (χ3v) is 5.26. The van der Waals surface area contributed by atoms with E-state index in [-0.39, 0.29) is 11.9 Å². The summed E-state index contributed by atoms with van der Waals surface area (Å²) in [6.07, 6.45) is 13.8. The molecule has 0 aromatic heterocycles. The Kier molecular flexibility index (Phi) is 6.92. The van der Waals surface area contributed by atoms with Gasteiger partial charge in [-0.2, -0.15) is 0 Å². The second-order valence-corrected chi connectivity index (χ2v) is 7.47. The van der Waals surface area contributed by atoms with Crippen LogP contribution in [0.15, 0.2) is 96.9 Å². The number of anilines is 2. The molecule has 0 spiro atoms. The van der Waals surface area contributed by atoms with Gasteiger partial charge in [0.15, 0.2) is 5.76 Å². The number of carbonyl (C=O) groups excluding carboxylic acids is 1. The number of ether oxygens (including phenoxy) is 3. The highest BCUT2D eigenvalue weighted by Crippen LogP contribution is 2.32. The third-order valence-electron chi connectivity index (χ3n) is 5.26. The van der Waals surface area contributed by atoms with Crippen molar-refractivity contribution in [1.82, 2.24) is 0 Å². The van der Waals surface area contributed by atoms with Crippen molar-refractivity contribution >= 4 is 17.3 Å². The maximum absolute atomic E-state index is 12.6. The molecule has 0 saturated heterocycles. The Labute approximate surface area is 187 Å². The van der Waals surface area contributed by atoms with Gasteiger partial charge in [0.1, 0.15) is 24.5 Å². The first-order chi connectivity index (χ1) is 15.7. The fraction of sp³-hybridized carbons (Fsp3) is 0.192. The van der Waals surface area contributed by atoms with Crippen LogP contribution in [-0.4, -0.2) is 19.1 Å². The molecule has 2 aliphatic rings. The van der Waals surface area contributed by atoms with Gasteiger partial charge in [-0.3, -0.25) is 4.79 Å². The van der Waals surface area contributed by atoms with Crippen LogP contribution in [-0.2, 0) is 9.47 Å². The fourth-order valence-electron chi connectivity index (χ4n) is 3.62. The van der Waals surface area contributed by atoms with Crippen LogP contribution in [0.25, 0.3) is 0 Å². The normalized spacial score (nSPS) is 15.5. The van der Waals surface area contributed by atoms with Crippen molar-refractivity contribution in [3.8, 4) is 5.75 Å². The van der Waals surface area contributed by atoms with Crippen LogP contribution in [0.5, 0.6) is 5.75 Å². The second-order valence-electron chi connectivity index (χ2n) is 7.47. The van der Waals surface area contributed by atoms with Crippen molar-refractivity contribution in [3.05, 3.63) is 102 Å². The average Bonchev–Trinajstić information content (AvgIpc) is 2.85. The van der Waals surface area contributed by atoms with Gasteiger partial charge in [-0.15, -0.1) is 0 Å². The highest BCUT2D eigenvalue weighted by Gasteiger charge is 2.22. The molecule has 0 bridgehead atoms. The van der Waals surface area contributed by atoms with Crippen molar-refractivity contribution in [2.45, 2.75) is 25.3 Å². The predicted octanol–water partition coefficient (Wildman–Crippen LogP) is 5.75.